The molecule has 1 aliphatic heterocycles. The van der Waals surface area contributed by atoms with Crippen molar-refractivity contribution in [2.45, 2.75) is 57.0 Å². The molecule has 1 amide bonds. The summed E-state index contributed by atoms with van der Waals surface area (Å²) in [5.41, 5.74) is 6.84. The van der Waals surface area contributed by atoms with Crippen LogP contribution in [0.2, 0.25) is 5.02 Å². The lowest BCUT2D eigenvalue weighted by Gasteiger charge is -2.34. The van der Waals surface area contributed by atoms with E-state index in [-0.39, 0.29) is 34.1 Å². The molecule has 0 unspecified atom stereocenters. The van der Waals surface area contributed by atoms with Crippen molar-refractivity contribution in [1.29, 1.82) is 0 Å². The molecule has 0 bridgehead atoms. The fraction of sp³-hybridized carbons (Fsp3) is 0.500. The van der Waals surface area contributed by atoms with Crippen LogP contribution in [0.25, 0.3) is 11.2 Å². The van der Waals surface area contributed by atoms with Gasteiger partial charge in [-0.05, 0) is 57.6 Å². The number of primary amides is 1. The van der Waals surface area contributed by atoms with Crippen LogP contribution in [0.4, 0.5) is 22.0 Å². The van der Waals surface area contributed by atoms with Crippen LogP contribution in [0.5, 0.6) is 0 Å². The Labute approximate surface area is 207 Å². The third kappa shape index (κ3) is 4.90. The van der Waals surface area contributed by atoms with Crippen molar-refractivity contribution in [3.8, 4) is 0 Å². The summed E-state index contributed by atoms with van der Waals surface area (Å²) in [6.07, 6.45) is 6.20. The Bertz CT molecular complexity index is 1240. The van der Waals surface area contributed by atoms with E-state index in [1.807, 2.05) is 4.57 Å². The van der Waals surface area contributed by atoms with E-state index in [2.05, 4.69) is 22.5 Å². The van der Waals surface area contributed by atoms with E-state index in [4.69, 9.17) is 32.0 Å². The van der Waals surface area contributed by atoms with Gasteiger partial charge in [-0.3, -0.25) is 9.36 Å². The second-order valence-corrected chi connectivity index (χ2v) is 10.0. The predicted octanol–water partition coefficient (Wildman–Crippen LogP) is 4.56. The number of imidazole rings is 1. The summed E-state index contributed by atoms with van der Waals surface area (Å²) in [5.74, 6) is 0.00724. The number of halogens is 2. The van der Waals surface area contributed by atoms with Gasteiger partial charge in [0.25, 0.3) is 0 Å². The molecule has 9 nitrogen and oxygen atoms in total. The molecule has 1 saturated carbocycles. The van der Waals surface area contributed by atoms with E-state index in [0.29, 0.717) is 49.1 Å². The molecule has 1 saturated heterocycles. The highest BCUT2D eigenvalue weighted by Gasteiger charge is 2.31. The first kappa shape index (κ1) is 23.7. The van der Waals surface area contributed by atoms with Gasteiger partial charge in [-0.25, -0.2) is 14.4 Å². The molecule has 2 aromatic heterocycles. The van der Waals surface area contributed by atoms with Gasteiger partial charge in [0.05, 0.1) is 16.9 Å². The number of anilines is 3. The normalized spacial score (nSPS) is 22.1. The summed E-state index contributed by atoms with van der Waals surface area (Å²) < 4.78 is 22.2. The molecule has 5 rings (SSSR count). The number of nitrogens with two attached hydrogens (primary N) is 1. The summed E-state index contributed by atoms with van der Waals surface area (Å²) in [7, 11) is 0. The summed E-state index contributed by atoms with van der Waals surface area (Å²) >= 11 is 5.99. The summed E-state index contributed by atoms with van der Waals surface area (Å²) in [5, 5.41) is 6.61. The van der Waals surface area contributed by atoms with Crippen LogP contribution in [0.3, 0.4) is 0 Å². The van der Waals surface area contributed by atoms with E-state index in [1.165, 1.54) is 6.07 Å². The Hall–Kier alpha value is -2.98. The van der Waals surface area contributed by atoms with Crippen molar-refractivity contribution in [2.75, 3.05) is 23.8 Å². The number of benzene rings is 1. The fourth-order valence-electron chi connectivity index (χ4n) is 4.94. The number of fused-ring (bicyclic) bond motifs is 1. The molecule has 3 aromatic rings. The average Bonchev–Trinajstić information content (AvgIpc) is 3.19. The first-order chi connectivity index (χ1) is 16.8. The van der Waals surface area contributed by atoms with Crippen molar-refractivity contribution in [3.05, 3.63) is 35.2 Å². The van der Waals surface area contributed by atoms with Crippen molar-refractivity contribution >= 4 is 46.3 Å². The second kappa shape index (κ2) is 9.58. The van der Waals surface area contributed by atoms with Gasteiger partial charge in [0.2, 0.25) is 17.8 Å². The maximum atomic E-state index is 14.7. The Balaban J connectivity index is 1.52. The topological polar surface area (TPSA) is 120 Å². The molecule has 186 valence electrons. The number of hydrogen-bond acceptors (Lipinski definition) is 7. The largest absolute Gasteiger partial charge is 0.381 e. The number of carbonyl (C=O) groups excluding carboxylic acids is 1. The maximum Gasteiger partial charge on any atom is 0.225 e. The fourth-order valence-corrected chi connectivity index (χ4v) is 5.12. The Morgan fingerprint density at radius 3 is 2.69 bits per heavy atom. The van der Waals surface area contributed by atoms with Gasteiger partial charge in [0.1, 0.15) is 5.52 Å². The van der Waals surface area contributed by atoms with Gasteiger partial charge >= 0.3 is 0 Å². The van der Waals surface area contributed by atoms with Crippen LogP contribution in [0.1, 0.15) is 51.5 Å². The van der Waals surface area contributed by atoms with Gasteiger partial charge < -0.3 is 21.1 Å². The van der Waals surface area contributed by atoms with Gasteiger partial charge in [-0.2, -0.15) is 4.98 Å². The molecule has 1 aromatic carbocycles. The number of ether oxygens (including phenoxy) is 1. The molecule has 11 heteroatoms. The number of aromatic nitrogens is 4. The number of amides is 1. The minimum absolute atomic E-state index is 0.0155. The lowest BCUT2D eigenvalue weighted by molar-refractivity contribution is -0.122. The number of nitrogens with one attached hydrogen (secondary N) is 2. The van der Waals surface area contributed by atoms with Gasteiger partial charge in [-0.15, -0.1) is 0 Å². The van der Waals surface area contributed by atoms with Crippen molar-refractivity contribution in [1.82, 2.24) is 19.5 Å². The third-order valence-electron chi connectivity index (χ3n) is 7.10. The van der Waals surface area contributed by atoms with Crippen LogP contribution in [-0.4, -0.2) is 44.2 Å². The smallest absolute Gasteiger partial charge is 0.225 e. The van der Waals surface area contributed by atoms with Crippen LogP contribution in [0, 0.1) is 11.7 Å². The van der Waals surface area contributed by atoms with E-state index >= 15 is 0 Å². The molecular weight excluding hydrogens is 473 g/mol. The SMILES string of the molecule is CC1(Nc2ncc3nc(Nc4cccc(Cl)c4F)n(C4CCC(C(N)=O)CC4)c3n2)CCOCC1. The zero-order chi connectivity index (χ0) is 24.6. The summed E-state index contributed by atoms with van der Waals surface area (Å²) in [6, 6.07) is 4.80. The van der Waals surface area contributed by atoms with Gasteiger partial charge in [-0.1, -0.05) is 17.7 Å². The number of rotatable bonds is 6. The monoisotopic (exact) mass is 501 g/mol. The van der Waals surface area contributed by atoms with E-state index < -0.39 is 5.82 Å². The molecule has 2 aliphatic rings. The molecule has 0 spiro atoms. The minimum Gasteiger partial charge on any atom is -0.381 e. The molecule has 35 heavy (non-hydrogen) atoms. The van der Waals surface area contributed by atoms with E-state index in [9.17, 15) is 9.18 Å². The van der Waals surface area contributed by atoms with Gasteiger partial charge in [0, 0.05) is 30.7 Å². The zero-order valence-electron chi connectivity index (χ0n) is 19.6. The molecule has 0 radical (unpaired) electrons. The highest BCUT2D eigenvalue weighted by Crippen LogP contribution is 2.37. The van der Waals surface area contributed by atoms with Gasteiger partial charge in [0.15, 0.2) is 11.5 Å². The molecule has 1 aliphatic carbocycles. The molecule has 0 atom stereocenters. The van der Waals surface area contributed by atoms with Crippen molar-refractivity contribution in [3.63, 3.8) is 0 Å². The lowest BCUT2D eigenvalue weighted by atomic mass is 9.85. The Morgan fingerprint density at radius 1 is 1.23 bits per heavy atom. The first-order valence-electron chi connectivity index (χ1n) is 11.9. The van der Waals surface area contributed by atoms with Crippen LogP contribution < -0.4 is 16.4 Å². The quantitative estimate of drug-likeness (QED) is 0.452. The molecule has 3 heterocycles. The zero-order valence-corrected chi connectivity index (χ0v) is 20.3. The van der Waals surface area contributed by atoms with E-state index in [0.717, 1.165) is 25.7 Å². The van der Waals surface area contributed by atoms with Crippen LogP contribution >= 0.6 is 11.6 Å². The maximum absolute atomic E-state index is 14.7. The molecule has 4 N–H and O–H groups in total. The standard InChI is InChI=1S/C24H29ClFN7O2/c1-24(9-11-35-12-10-24)32-22-28-13-18-21(31-22)33(15-7-5-14(6-8-15)20(27)34)23(30-18)29-17-4-2-3-16(25)19(17)26/h2-4,13-15H,5-12H2,1H3,(H2,27,34)(H,29,30)(H,28,31,32). The Kier molecular flexibility index (Phi) is 6.50. The summed E-state index contributed by atoms with van der Waals surface area (Å²) in [6.45, 7) is 3.51. The average molecular weight is 502 g/mol. The Morgan fingerprint density at radius 2 is 1.97 bits per heavy atom. The van der Waals surface area contributed by atoms with Crippen molar-refractivity contribution in [2.24, 2.45) is 11.7 Å². The minimum atomic E-state index is -0.550. The second-order valence-electron chi connectivity index (χ2n) is 9.64. The number of nitrogens with zero attached hydrogens (tertiary/aromatic N) is 4. The highest BCUT2D eigenvalue weighted by molar-refractivity contribution is 6.31. The van der Waals surface area contributed by atoms with Crippen LogP contribution in [0.15, 0.2) is 24.4 Å². The van der Waals surface area contributed by atoms with Crippen LogP contribution in [-0.2, 0) is 9.53 Å². The highest BCUT2D eigenvalue weighted by atomic mass is 35.5. The van der Waals surface area contributed by atoms with Crippen molar-refractivity contribution < 1.29 is 13.9 Å². The molecule has 2 fully saturated rings. The molecular formula is C24H29ClFN7O2. The van der Waals surface area contributed by atoms with E-state index in [1.54, 1.807) is 18.3 Å². The first-order valence-corrected chi connectivity index (χ1v) is 12.3. The number of hydrogen-bond donors (Lipinski definition) is 3. The predicted molar refractivity (Wildman–Crippen MR) is 132 cm³/mol. The lowest BCUT2D eigenvalue weighted by Crippen LogP contribution is -2.41. The number of carbonyl (C=O) groups is 1. The summed E-state index contributed by atoms with van der Waals surface area (Å²) in [4.78, 5) is 25.7. The third-order valence-corrected chi connectivity index (χ3v) is 7.40.